The van der Waals surface area contributed by atoms with Gasteiger partial charge in [0.25, 0.3) is 5.91 Å². The third kappa shape index (κ3) is 5.58. The maximum Gasteiger partial charge on any atom is 0.339 e. The van der Waals surface area contributed by atoms with Crippen LogP contribution in [-0.2, 0) is 9.53 Å². The minimum absolute atomic E-state index is 0.143. The summed E-state index contributed by atoms with van der Waals surface area (Å²) in [7, 11) is 1.26. The van der Waals surface area contributed by atoms with Crippen LogP contribution < -0.4 is 10.6 Å². The number of amides is 2. The van der Waals surface area contributed by atoms with Gasteiger partial charge in [0.2, 0.25) is 5.91 Å². The van der Waals surface area contributed by atoms with Crippen molar-refractivity contribution in [2.45, 2.75) is 12.8 Å². The SMILES string of the molecule is COC(=O)c1cc(NC(=O)CCCNC(=O)c2cccs2)ccc1Cl. The van der Waals surface area contributed by atoms with E-state index < -0.39 is 5.97 Å². The number of thiophene rings is 1. The maximum absolute atomic E-state index is 12.0. The zero-order valence-corrected chi connectivity index (χ0v) is 15.1. The summed E-state index contributed by atoms with van der Waals surface area (Å²) in [5.74, 6) is -0.934. The van der Waals surface area contributed by atoms with Crippen LogP contribution in [0.15, 0.2) is 35.7 Å². The largest absolute Gasteiger partial charge is 0.465 e. The van der Waals surface area contributed by atoms with E-state index in [0.717, 1.165) is 0 Å². The molecule has 1 heterocycles. The van der Waals surface area contributed by atoms with E-state index in [1.54, 1.807) is 12.1 Å². The smallest absolute Gasteiger partial charge is 0.339 e. The molecular formula is C17H17ClN2O4S. The van der Waals surface area contributed by atoms with Crippen molar-refractivity contribution in [2.75, 3.05) is 19.0 Å². The summed E-state index contributed by atoms with van der Waals surface area (Å²) in [5.41, 5.74) is 0.641. The second-order valence-corrected chi connectivity index (χ2v) is 6.43. The molecule has 2 aromatic rings. The number of rotatable bonds is 7. The first kappa shape index (κ1) is 19.0. The number of halogens is 1. The van der Waals surface area contributed by atoms with E-state index in [-0.39, 0.29) is 28.8 Å². The molecule has 0 unspecified atom stereocenters. The molecule has 6 nitrogen and oxygen atoms in total. The van der Waals surface area contributed by atoms with E-state index in [2.05, 4.69) is 15.4 Å². The number of methoxy groups -OCH3 is 1. The molecule has 0 saturated heterocycles. The molecule has 0 saturated carbocycles. The summed E-state index contributed by atoms with van der Waals surface area (Å²) in [6.45, 7) is 0.401. The van der Waals surface area contributed by atoms with E-state index in [1.165, 1.54) is 30.6 Å². The van der Waals surface area contributed by atoms with Crippen molar-refractivity contribution in [3.63, 3.8) is 0 Å². The summed E-state index contributed by atoms with van der Waals surface area (Å²) < 4.78 is 4.63. The van der Waals surface area contributed by atoms with Crippen molar-refractivity contribution in [1.82, 2.24) is 5.32 Å². The number of anilines is 1. The van der Waals surface area contributed by atoms with Gasteiger partial charge in [0, 0.05) is 18.7 Å². The lowest BCUT2D eigenvalue weighted by atomic mass is 10.2. The minimum Gasteiger partial charge on any atom is -0.465 e. The maximum atomic E-state index is 12.0. The normalized spacial score (nSPS) is 10.2. The van der Waals surface area contributed by atoms with Gasteiger partial charge in [-0.25, -0.2) is 4.79 Å². The van der Waals surface area contributed by atoms with Crippen molar-refractivity contribution < 1.29 is 19.1 Å². The first-order valence-corrected chi connectivity index (χ1v) is 8.76. The van der Waals surface area contributed by atoms with E-state index in [1.807, 2.05) is 11.4 Å². The first-order chi connectivity index (χ1) is 12.0. The molecule has 8 heteroatoms. The molecule has 0 bridgehead atoms. The molecule has 132 valence electrons. The summed E-state index contributed by atoms with van der Waals surface area (Å²) in [6.07, 6.45) is 0.737. The summed E-state index contributed by atoms with van der Waals surface area (Å²) in [6, 6.07) is 8.13. The molecule has 25 heavy (non-hydrogen) atoms. The van der Waals surface area contributed by atoms with E-state index in [9.17, 15) is 14.4 Å². The first-order valence-electron chi connectivity index (χ1n) is 7.50. The lowest BCUT2D eigenvalue weighted by Gasteiger charge is -2.08. The molecule has 1 aromatic heterocycles. The van der Waals surface area contributed by atoms with Crippen molar-refractivity contribution in [2.24, 2.45) is 0 Å². The predicted molar refractivity (Wildman–Crippen MR) is 97.3 cm³/mol. The number of esters is 1. The Balaban J connectivity index is 1.78. The Morgan fingerprint density at radius 2 is 2.04 bits per heavy atom. The molecule has 0 aliphatic carbocycles. The molecule has 0 radical (unpaired) electrons. The Bertz CT molecular complexity index is 762. The molecule has 0 aliphatic heterocycles. The Morgan fingerprint density at radius 3 is 2.72 bits per heavy atom. The lowest BCUT2D eigenvalue weighted by Crippen LogP contribution is -2.24. The van der Waals surface area contributed by atoms with Gasteiger partial charge in [-0.05, 0) is 36.1 Å². The van der Waals surface area contributed by atoms with Gasteiger partial charge in [-0.3, -0.25) is 9.59 Å². The monoisotopic (exact) mass is 380 g/mol. The van der Waals surface area contributed by atoms with Crippen LogP contribution in [0, 0.1) is 0 Å². The molecule has 0 aliphatic rings. The second kappa shape index (κ2) is 9.19. The number of benzene rings is 1. The van der Waals surface area contributed by atoms with Crippen LogP contribution in [0.5, 0.6) is 0 Å². The van der Waals surface area contributed by atoms with E-state index in [0.29, 0.717) is 23.5 Å². The molecule has 1 aromatic carbocycles. The molecule has 2 rings (SSSR count). The highest BCUT2D eigenvalue weighted by Gasteiger charge is 2.12. The van der Waals surface area contributed by atoms with Crippen LogP contribution in [0.25, 0.3) is 0 Å². The quantitative estimate of drug-likeness (QED) is 0.570. The van der Waals surface area contributed by atoms with Crippen molar-refractivity contribution in [3.05, 3.63) is 51.2 Å². The Kier molecular flexibility index (Phi) is 6.97. The van der Waals surface area contributed by atoms with Crippen LogP contribution in [0.3, 0.4) is 0 Å². The number of carbonyl (C=O) groups is 3. The third-order valence-corrected chi connectivity index (χ3v) is 4.46. The van der Waals surface area contributed by atoms with Crippen molar-refractivity contribution >= 4 is 46.4 Å². The van der Waals surface area contributed by atoms with Gasteiger partial charge >= 0.3 is 5.97 Å². The molecule has 0 spiro atoms. The minimum atomic E-state index is -0.572. The molecule has 2 amide bonds. The zero-order valence-electron chi connectivity index (χ0n) is 13.5. The molecular weight excluding hydrogens is 364 g/mol. The van der Waals surface area contributed by atoms with Gasteiger partial charge in [0.1, 0.15) is 0 Å². The van der Waals surface area contributed by atoms with E-state index >= 15 is 0 Å². The zero-order chi connectivity index (χ0) is 18.2. The van der Waals surface area contributed by atoms with Gasteiger partial charge in [0.15, 0.2) is 0 Å². The fourth-order valence-electron chi connectivity index (χ4n) is 2.04. The van der Waals surface area contributed by atoms with Gasteiger partial charge in [-0.2, -0.15) is 0 Å². The highest BCUT2D eigenvalue weighted by Crippen LogP contribution is 2.21. The fourth-order valence-corrected chi connectivity index (χ4v) is 2.87. The van der Waals surface area contributed by atoms with Crippen molar-refractivity contribution in [1.29, 1.82) is 0 Å². The lowest BCUT2D eigenvalue weighted by molar-refractivity contribution is -0.116. The Hall–Kier alpha value is -2.38. The molecule has 2 N–H and O–H groups in total. The van der Waals surface area contributed by atoms with Gasteiger partial charge < -0.3 is 15.4 Å². The Morgan fingerprint density at radius 1 is 1.24 bits per heavy atom. The second-order valence-electron chi connectivity index (χ2n) is 5.07. The topological polar surface area (TPSA) is 84.5 Å². The Labute approximate surface area is 154 Å². The third-order valence-electron chi connectivity index (χ3n) is 3.27. The average Bonchev–Trinajstić information content (AvgIpc) is 3.14. The van der Waals surface area contributed by atoms with Crippen molar-refractivity contribution in [3.8, 4) is 0 Å². The van der Waals surface area contributed by atoms with Gasteiger partial charge in [-0.1, -0.05) is 17.7 Å². The number of nitrogens with one attached hydrogen (secondary N) is 2. The number of hydrogen-bond donors (Lipinski definition) is 2. The predicted octanol–water partition coefficient (Wildman–Crippen LogP) is 3.34. The highest BCUT2D eigenvalue weighted by molar-refractivity contribution is 7.12. The molecule has 0 fully saturated rings. The van der Waals surface area contributed by atoms with Crippen LogP contribution in [0.1, 0.15) is 32.9 Å². The van der Waals surface area contributed by atoms with Gasteiger partial charge in [0.05, 0.1) is 22.6 Å². The number of hydrogen-bond acceptors (Lipinski definition) is 5. The molecule has 0 atom stereocenters. The number of ether oxygens (including phenoxy) is 1. The number of carbonyl (C=O) groups excluding carboxylic acids is 3. The van der Waals surface area contributed by atoms with Crippen LogP contribution in [-0.4, -0.2) is 31.4 Å². The van der Waals surface area contributed by atoms with E-state index in [4.69, 9.17) is 11.6 Å². The summed E-state index contributed by atoms with van der Waals surface area (Å²) in [5, 5.41) is 7.53. The van der Waals surface area contributed by atoms with Crippen LogP contribution in [0.4, 0.5) is 5.69 Å². The van der Waals surface area contributed by atoms with Crippen LogP contribution >= 0.6 is 22.9 Å². The average molecular weight is 381 g/mol. The fraction of sp³-hybridized carbons (Fsp3) is 0.235. The summed E-state index contributed by atoms with van der Waals surface area (Å²) in [4.78, 5) is 35.9. The standard InChI is InChI=1S/C17H17ClN2O4S/c1-24-17(23)12-10-11(6-7-13(12)18)20-15(21)5-2-8-19-16(22)14-4-3-9-25-14/h3-4,6-7,9-10H,2,5,8H2,1H3,(H,19,22)(H,20,21). The van der Waals surface area contributed by atoms with Crippen LogP contribution in [0.2, 0.25) is 5.02 Å². The highest BCUT2D eigenvalue weighted by atomic mass is 35.5. The summed E-state index contributed by atoms with van der Waals surface area (Å²) >= 11 is 7.29. The van der Waals surface area contributed by atoms with Gasteiger partial charge in [-0.15, -0.1) is 11.3 Å².